The van der Waals surface area contributed by atoms with E-state index in [1.165, 1.54) is 24.1 Å². The lowest BCUT2D eigenvalue weighted by Gasteiger charge is -2.35. The van der Waals surface area contributed by atoms with Crippen LogP contribution in [0.3, 0.4) is 0 Å². The molecule has 106 valence electrons. The van der Waals surface area contributed by atoms with Crippen LogP contribution in [0.15, 0.2) is 22.7 Å². The number of rotatable bonds is 5. The number of nitrogens with zero attached hydrogens (tertiary/aromatic N) is 1. The molecule has 1 saturated heterocycles. The number of anilines is 1. The zero-order valence-electron chi connectivity index (χ0n) is 11.4. The van der Waals surface area contributed by atoms with Crippen LogP contribution in [0.5, 0.6) is 0 Å². The van der Waals surface area contributed by atoms with Gasteiger partial charge in [0.05, 0.1) is 6.10 Å². The summed E-state index contributed by atoms with van der Waals surface area (Å²) >= 11 is 7.13. The molecule has 1 aliphatic heterocycles. The fourth-order valence-corrected chi connectivity index (χ4v) is 3.40. The van der Waals surface area contributed by atoms with Crippen molar-refractivity contribution >= 4 is 37.5 Å². The predicted molar refractivity (Wildman–Crippen MR) is 88.3 cm³/mol. The SMILES string of the molecule is CCCOC1CCCN(c2ccc(Br)cc2CBr)C1. The second kappa shape index (κ2) is 7.65. The molecule has 1 aromatic carbocycles. The normalized spacial score (nSPS) is 19.7. The Morgan fingerprint density at radius 3 is 3.00 bits per heavy atom. The first-order valence-electron chi connectivity index (χ1n) is 6.95. The summed E-state index contributed by atoms with van der Waals surface area (Å²) in [6.45, 7) is 5.19. The van der Waals surface area contributed by atoms with E-state index in [1.807, 2.05) is 0 Å². The molecule has 1 aromatic rings. The van der Waals surface area contributed by atoms with Crippen LogP contribution in [0.25, 0.3) is 0 Å². The van der Waals surface area contributed by atoms with E-state index in [0.29, 0.717) is 6.10 Å². The summed E-state index contributed by atoms with van der Waals surface area (Å²) in [6, 6.07) is 6.53. The third kappa shape index (κ3) is 4.20. The van der Waals surface area contributed by atoms with E-state index >= 15 is 0 Å². The third-order valence-electron chi connectivity index (χ3n) is 3.46. The van der Waals surface area contributed by atoms with E-state index in [4.69, 9.17) is 4.74 Å². The minimum absolute atomic E-state index is 0.389. The fourth-order valence-electron chi connectivity index (χ4n) is 2.55. The highest BCUT2D eigenvalue weighted by molar-refractivity contribution is 9.10. The maximum Gasteiger partial charge on any atom is 0.0750 e. The Labute approximate surface area is 132 Å². The summed E-state index contributed by atoms with van der Waals surface area (Å²) in [6.07, 6.45) is 3.89. The van der Waals surface area contributed by atoms with Crippen molar-refractivity contribution in [1.29, 1.82) is 0 Å². The summed E-state index contributed by atoms with van der Waals surface area (Å²) in [5, 5.41) is 0.888. The number of hydrogen-bond donors (Lipinski definition) is 0. The van der Waals surface area contributed by atoms with Crippen LogP contribution in [0.2, 0.25) is 0 Å². The highest BCUT2D eigenvalue weighted by atomic mass is 79.9. The van der Waals surface area contributed by atoms with Gasteiger partial charge < -0.3 is 9.64 Å². The first-order valence-corrected chi connectivity index (χ1v) is 8.87. The van der Waals surface area contributed by atoms with E-state index in [-0.39, 0.29) is 0 Å². The molecule has 2 nitrogen and oxygen atoms in total. The van der Waals surface area contributed by atoms with Crippen molar-refractivity contribution in [2.24, 2.45) is 0 Å². The standard InChI is InChI=1S/C15H21Br2NO/c1-2-8-19-14-4-3-7-18(11-14)15-6-5-13(17)9-12(15)10-16/h5-6,9,14H,2-4,7-8,10-11H2,1H3. The van der Waals surface area contributed by atoms with E-state index in [9.17, 15) is 0 Å². The molecule has 1 aliphatic rings. The largest absolute Gasteiger partial charge is 0.376 e. The molecule has 0 aliphatic carbocycles. The van der Waals surface area contributed by atoms with Gasteiger partial charge in [-0.2, -0.15) is 0 Å². The molecule has 1 unspecified atom stereocenters. The quantitative estimate of drug-likeness (QED) is 0.673. The topological polar surface area (TPSA) is 12.5 Å². The Morgan fingerprint density at radius 1 is 1.42 bits per heavy atom. The monoisotopic (exact) mass is 389 g/mol. The van der Waals surface area contributed by atoms with Crippen molar-refractivity contribution in [2.45, 2.75) is 37.6 Å². The molecule has 4 heteroatoms. The van der Waals surface area contributed by atoms with Crippen molar-refractivity contribution in [2.75, 3.05) is 24.6 Å². The highest BCUT2D eigenvalue weighted by Gasteiger charge is 2.21. The number of alkyl halides is 1. The molecule has 1 fully saturated rings. The molecular formula is C15H21Br2NO. The van der Waals surface area contributed by atoms with Gasteiger partial charge in [-0.05, 0) is 43.0 Å². The number of halogens is 2. The van der Waals surface area contributed by atoms with Gasteiger partial charge >= 0.3 is 0 Å². The molecular weight excluding hydrogens is 370 g/mol. The lowest BCUT2D eigenvalue weighted by Crippen LogP contribution is -2.40. The van der Waals surface area contributed by atoms with Crippen LogP contribution >= 0.6 is 31.9 Å². The third-order valence-corrected chi connectivity index (χ3v) is 4.56. The van der Waals surface area contributed by atoms with Gasteiger partial charge in [-0.3, -0.25) is 0 Å². The van der Waals surface area contributed by atoms with Gasteiger partial charge in [0.25, 0.3) is 0 Å². The highest BCUT2D eigenvalue weighted by Crippen LogP contribution is 2.29. The minimum atomic E-state index is 0.389. The van der Waals surface area contributed by atoms with Crippen molar-refractivity contribution in [3.05, 3.63) is 28.2 Å². The second-order valence-corrected chi connectivity index (χ2v) is 6.46. The van der Waals surface area contributed by atoms with Crippen molar-refractivity contribution in [3.8, 4) is 0 Å². The van der Waals surface area contributed by atoms with E-state index < -0.39 is 0 Å². The van der Waals surface area contributed by atoms with Crippen LogP contribution < -0.4 is 4.90 Å². The Bertz CT molecular complexity index is 411. The number of ether oxygens (including phenoxy) is 1. The van der Waals surface area contributed by atoms with Gasteiger partial charge in [0.2, 0.25) is 0 Å². The summed E-state index contributed by atoms with van der Waals surface area (Å²) in [7, 11) is 0. The van der Waals surface area contributed by atoms with Gasteiger partial charge in [-0.15, -0.1) is 0 Å². The van der Waals surface area contributed by atoms with Gasteiger partial charge in [-0.25, -0.2) is 0 Å². The molecule has 0 amide bonds. The smallest absolute Gasteiger partial charge is 0.0750 e. The van der Waals surface area contributed by atoms with E-state index in [1.54, 1.807) is 0 Å². The van der Waals surface area contributed by atoms with Gasteiger partial charge in [0.1, 0.15) is 0 Å². The molecule has 2 rings (SSSR count). The minimum Gasteiger partial charge on any atom is -0.376 e. The molecule has 0 saturated carbocycles. The summed E-state index contributed by atoms with van der Waals surface area (Å²) in [5.41, 5.74) is 2.68. The summed E-state index contributed by atoms with van der Waals surface area (Å²) < 4.78 is 7.06. The fraction of sp³-hybridized carbons (Fsp3) is 0.600. The Kier molecular flexibility index (Phi) is 6.17. The predicted octanol–water partition coefficient (Wildman–Crippen LogP) is 4.74. The number of benzene rings is 1. The Balaban J connectivity index is 2.08. The molecule has 0 bridgehead atoms. The molecule has 0 N–H and O–H groups in total. The number of hydrogen-bond acceptors (Lipinski definition) is 2. The van der Waals surface area contributed by atoms with Crippen molar-refractivity contribution < 1.29 is 4.74 Å². The van der Waals surface area contributed by atoms with Gasteiger partial charge in [-0.1, -0.05) is 38.8 Å². The van der Waals surface area contributed by atoms with Crippen LogP contribution in [-0.4, -0.2) is 25.8 Å². The van der Waals surface area contributed by atoms with E-state index in [2.05, 4.69) is 61.9 Å². The van der Waals surface area contributed by atoms with E-state index in [0.717, 1.165) is 35.9 Å². The Morgan fingerprint density at radius 2 is 2.26 bits per heavy atom. The zero-order valence-corrected chi connectivity index (χ0v) is 14.5. The van der Waals surface area contributed by atoms with Crippen LogP contribution in [0.1, 0.15) is 31.7 Å². The van der Waals surface area contributed by atoms with Crippen molar-refractivity contribution in [1.82, 2.24) is 0 Å². The lowest BCUT2D eigenvalue weighted by molar-refractivity contribution is 0.0440. The van der Waals surface area contributed by atoms with Crippen molar-refractivity contribution in [3.63, 3.8) is 0 Å². The lowest BCUT2D eigenvalue weighted by atomic mass is 10.1. The zero-order chi connectivity index (χ0) is 13.7. The molecule has 0 radical (unpaired) electrons. The maximum absolute atomic E-state index is 5.92. The van der Waals surface area contributed by atoms with Gasteiger partial charge in [0.15, 0.2) is 0 Å². The first kappa shape index (κ1) is 15.3. The molecule has 0 spiro atoms. The maximum atomic E-state index is 5.92. The second-order valence-electron chi connectivity index (χ2n) is 4.99. The number of piperidine rings is 1. The van der Waals surface area contributed by atoms with Crippen LogP contribution in [-0.2, 0) is 10.1 Å². The molecule has 1 heterocycles. The summed E-state index contributed by atoms with van der Waals surface area (Å²) in [4.78, 5) is 2.47. The van der Waals surface area contributed by atoms with Crippen LogP contribution in [0, 0.1) is 0 Å². The average molecular weight is 391 g/mol. The molecule has 19 heavy (non-hydrogen) atoms. The molecule has 1 atom stereocenters. The Hall–Kier alpha value is -0.0600. The molecule has 0 aromatic heterocycles. The first-order chi connectivity index (χ1) is 9.24. The van der Waals surface area contributed by atoms with Crippen LogP contribution in [0.4, 0.5) is 5.69 Å². The summed E-state index contributed by atoms with van der Waals surface area (Å²) in [5.74, 6) is 0. The average Bonchev–Trinajstić information content (AvgIpc) is 2.45. The van der Waals surface area contributed by atoms with Gasteiger partial charge in [0, 0.05) is 35.2 Å².